The third-order valence-corrected chi connectivity index (χ3v) is 3.72. The van der Waals surface area contributed by atoms with E-state index in [9.17, 15) is 14.7 Å². The average Bonchev–Trinajstić information content (AvgIpc) is 2.56. The Labute approximate surface area is 108 Å². The van der Waals surface area contributed by atoms with E-state index in [1.54, 1.807) is 0 Å². The van der Waals surface area contributed by atoms with Crippen molar-refractivity contribution in [2.24, 2.45) is 11.1 Å². The molecule has 1 saturated carbocycles. The molecule has 0 spiro atoms. The molecule has 0 aromatic carbocycles. The molecule has 1 rings (SSSR count). The number of carboxylic acid groups (broad SMARTS) is 1. The smallest absolute Gasteiger partial charge is 0.310 e. The number of aliphatic carboxylic acids is 1. The lowest BCUT2D eigenvalue weighted by molar-refractivity contribution is -0.152. The van der Waals surface area contributed by atoms with E-state index in [-0.39, 0.29) is 12.3 Å². The molecule has 0 radical (unpaired) electrons. The molecule has 0 saturated heterocycles. The summed E-state index contributed by atoms with van der Waals surface area (Å²) >= 11 is 0. The van der Waals surface area contributed by atoms with Crippen LogP contribution in [-0.2, 0) is 9.59 Å². The molecular weight excluding hydrogens is 232 g/mol. The molecule has 1 aliphatic rings. The highest BCUT2D eigenvalue weighted by Crippen LogP contribution is 2.38. The Morgan fingerprint density at radius 2 is 1.78 bits per heavy atom. The van der Waals surface area contributed by atoms with E-state index in [1.165, 1.54) is 0 Å². The molecule has 5 heteroatoms. The first-order valence-electron chi connectivity index (χ1n) is 6.81. The number of carbonyl (C=O) groups is 2. The summed E-state index contributed by atoms with van der Waals surface area (Å²) in [7, 11) is 0. The van der Waals surface area contributed by atoms with Crippen molar-refractivity contribution in [3.8, 4) is 0 Å². The van der Waals surface area contributed by atoms with E-state index >= 15 is 0 Å². The second kappa shape index (κ2) is 7.36. The maximum atomic E-state index is 11.8. The van der Waals surface area contributed by atoms with Gasteiger partial charge in [0.15, 0.2) is 0 Å². The van der Waals surface area contributed by atoms with Crippen molar-refractivity contribution in [3.05, 3.63) is 0 Å². The van der Waals surface area contributed by atoms with Crippen LogP contribution in [0.25, 0.3) is 0 Å². The van der Waals surface area contributed by atoms with Crippen molar-refractivity contribution in [1.82, 2.24) is 5.32 Å². The van der Waals surface area contributed by atoms with Gasteiger partial charge in [0.25, 0.3) is 0 Å². The van der Waals surface area contributed by atoms with Crippen LogP contribution in [0.2, 0.25) is 0 Å². The number of hydrogen-bond donors (Lipinski definition) is 3. The molecule has 5 nitrogen and oxygen atoms in total. The van der Waals surface area contributed by atoms with Crippen molar-refractivity contribution in [1.29, 1.82) is 0 Å². The lowest BCUT2D eigenvalue weighted by Crippen LogP contribution is -2.38. The van der Waals surface area contributed by atoms with Gasteiger partial charge in [-0.15, -0.1) is 0 Å². The van der Waals surface area contributed by atoms with E-state index in [1.807, 2.05) is 0 Å². The lowest BCUT2D eigenvalue weighted by Gasteiger charge is -2.27. The third-order valence-electron chi connectivity index (χ3n) is 3.72. The molecule has 4 N–H and O–H groups in total. The minimum atomic E-state index is -0.844. The SMILES string of the molecule is NCCCNC(=O)CC1(C(=O)O)CCCCCC1. The van der Waals surface area contributed by atoms with Gasteiger partial charge in [-0.05, 0) is 25.8 Å². The average molecular weight is 256 g/mol. The van der Waals surface area contributed by atoms with Crippen LogP contribution in [0.3, 0.4) is 0 Å². The third kappa shape index (κ3) is 4.29. The van der Waals surface area contributed by atoms with E-state index in [2.05, 4.69) is 5.32 Å². The quantitative estimate of drug-likeness (QED) is 0.493. The monoisotopic (exact) mass is 256 g/mol. The van der Waals surface area contributed by atoms with Gasteiger partial charge in [0, 0.05) is 13.0 Å². The standard InChI is InChI=1S/C13H24N2O3/c14-8-5-9-15-11(16)10-13(12(17)18)6-3-1-2-4-7-13/h1-10,14H2,(H,15,16)(H,17,18). The Bertz CT molecular complexity index is 284. The molecule has 0 unspecified atom stereocenters. The Hall–Kier alpha value is -1.10. The fourth-order valence-electron chi connectivity index (χ4n) is 2.57. The maximum Gasteiger partial charge on any atom is 0.310 e. The summed E-state index contributed by atoms with van der Waals surface area (Å²) in [5, 5.41) is 12.2. The van der Waals surface area contributed by atoms with Crippen molar-refractivity contribution in [3.63, 3.8) is 0 Å². The molecule has 0 aromatic rings. The number of carboxylic acids is 1. The van der Waals surface area contributed by atoms with Crippen LogP contribution in [0.5, 0.6) is 0 Å². The largest absolute Gasteiger partial charge is 0.481 e. The number of amides is 1. The number of rotatable bonds is 6. The predicted octanol–water partition coefficient (Wildman–Crippen LogP) is 1.27. The Morgan fingerprint density at radius 1 is 1.17 bits per heavy atom. The second-order valence-electron chi connectivity index (χ2n) is 5.17. The van der Waals surface area contributed by atoms with E-state index in [4.69, 9.17) is 5.73 Å². The van der Waals surface area contributed by atoms with Crippen LogP contribution in [0.1, 0.15) is 51.4 Å². The first kappa shape index (κ1) is 15.0. The van der Waals surface area contributed by atoms with Crippen LogP contribution in [0.4, 0.5) is 0 Å². The molecule has 18 heavy (non-hydrogen) atoms. The minimum absolute atomic E-state index is 0.104. The van der Waals surface area contributed by atoms with E-state index in [0.717, 1.165) is 32.1 Å². The summed E-state index contributed by atoms with van der Waals surface area (Å²) < 4.78 is 0. The number of nitrogens with one attached hydrogen (secondary N) is 1. The zero-order valence-electron chi connectivity index (χ0n) is 10.9. The van der Waals surface area contributed by atoms with Crippen molar-refractivity contribution >= 4 is 11.9 Å². The fourth-order valence-corrected chi connectivity index (χ4v) is 2.57. The van der Waals surface area contributed by atoms with Gasteiger partial charge >= 0.3 is 5.97 Å². The Balaban J connectivity index is 2.55. The molecular formula is C13H24N2O3. The highest BCUT2D eigenvalue weighted by Gasteiger charge is 2.40. The van der Waals surface area contributed by atoms with Crippen LogP contribution < -0.4 is 11.1 Å². The molecule has 0 atom stereocenters. The molecule has 0 bridgehead atoms. The maximum absolute atomic E-state index is 11.8. The zero-order chi connectivity index (χ0) is 13.4. The minimum Gasteiger partial charge on any atom is -0.481 e. The highest BCUT2D eigenvalue weighted by atomic mass is 16.4. The molecule has 0 aromatic heterocycles. The van der Waals surface area contributed by atoms with Gasteiger partial charge in [0.2, 0.25) is 5.91 Å². The summed E-state index contributed by atoms with van der Waals surface area (Å²) in [4.78, 5) is 23.3. The van der Waals surface area contributed by atoms with E-state index in [0.29, 0.717) is 25.9 Å². The first-order valence-corrected chi connectivity index (χ1v) is 6.81. The van der Waals surface area contributed by atoms with Crippen LogP contribution in [0.15, 0.2) is 0 Å². The summed E-state index contributed by atoms with van der Waals surface area (Å²) in [5.74, 6) is -0.980. The lowest BCUT2D eigenvalue weighted by atomic mass is 9.77. The van der Waals surface area contributed by atoms with Crippen molar-refractivity contribution in [2.45, 2.75) is 51.4 Å². The van der Waals surface area contributed by atoms with Gasteiger partial charge < -0.3 is 16.2 Å². The van der Waals surface area contributed by atoms with Gasteiger partial charge in [0.1, 0.15) is 0 Å². The summed E-state index contributed by atoms with van der Waals surface area (Å²) in [6, 6.07) is 0. The first-order chi connectivity index (χ1) is 8.60. The number of nitrogens with two attached hydrogens (primary N) is 1. The summed E-state index contributed by atoms with van der Waals surface area (Å²) in [5.41, 5.74) is 4.50. The van der Waals surface area contributed by atoms with Gasteiger partial charge in [-0.3, -0.25) is 9.59 Å². The molecule has 1 fully saturated rings. The van der Waals surface area contributed by atoms with Crippen LogP contribution in [-0.4, -0.2) is 30.1 Å². The molecule has 104 valence electrons. The van der Waals surface area contributed by atoms with Gasteiger partial charge in [-0.1, -0.05) is 25.7 Å². The molecule has 1 aliphatic carbocycles. The topological polar surface area (TPSA) is 92.4 Å². The van der Waals surface area contributed by atoms with Gasteiger partial charge in [0.05, 0.1) is 5.41 Å². The van der Waals surface area contributed by atoms with Crippen molar-refractivity contribution in [2.75, 3.05) is 13.1 Å². The van der Waals surface area contributed by atoms with Crippen LogP contribution >= 0.6 is 0 Å². The second-order valence-corrected chi connectivity index (χ2v) is 5.17. The highest BCUT2D eigenvalue weighted by molar-refractivity contribution is 5.85. The number of hydrogen-bond acceptors (Lipinski definition) is 3. The summed E-state index contributed by atoms with van der Waals surface area (Å²) in [6.45, 7) is 1.06. The van der Waals surface area contributed by atoms with E-state index < -0.39 is 11.4 Å². The number of carbonyl (C=O) groups excluding carboxylic acids is 1. The molecule has 0 aliphatic heterocycles. The fraction of sp³-hybridized carbons (Fsp3) is 0.846. The van der Waals surface area contributed by atoms with Crippen LogP contribution in [0, 0.1) is 5.41 Å². The van der Waals surface area contributed by atoms with Gasteiger partial charge in [-0.2, -0.15) is 0 Å². The molecule has 0 heterocycles. The van der Waals surface area contributed by atoms with Crippen molar-refractivity contribution < 1.29 is 14.7 Å². The Morgan fingerprint density at radius 3 is 2.28 bits per heavy atom. The summed E-state index contributed by atoms with van der Waals surface area (Å²) in [6.07, 6.45) is 6.02. The Kier molecular flexibility index (Phi) is 6.12. The predicted molar refractivity (Wildman–Crippen MR) is 69.1 cm³/mol. The zero-order valence-corrected chi connectivity index (χ0v) is 10.9. The van der Waals surface area contributed by atoms with Gasteiger partial charge in [-0.25, -0.2) is 0 Å². The normalized spacial score (nSPS) is 18.9. The molecule has 1 amide bonds.